The first kappa shape index (κ1) is 23.4. The Kier molecular flexibility index (Phi) is 8.37. The molecular weight excluding hydrogens is 499 g/mol. The van der Waals surface area contributed by atoms with Gasteiger partial charge in [0.1, 0.15) is 0 Å². The van der Waals surface area contributed by atoms with Crippen molar-refractivity contribution >= 4 is 64.1 Å². The Balaban J connectivity index is 2.24. The van der Waals surface area contributed by atoms with Crippen LogP contribution in [0, 0.1) is 13.8 Å². The first-order valence-corrected chi connectivity index (χ1v) is 20.6. The van der Waals surface area contributed by atoms with Gasteiger partial charge in [-0.15, -0.1) is 0 Å². The number of benzene rings is 1. The first-order chi connectivity index (χ1) is 14.0. The molecule has 0 aliphatic carbocycles. The molecule has 0 atom stereocenters. The van der Waals surface area contributed by atoms with E-state index in [1.807, 2.05) is 21.3 Å². The molecule has 29 heavy (non-hydrogen) atoms. The molecule has 0 amide bonds. The monoisotopic (exact) mass is 538 g/mol. The number of aryl methyl sites for hydroxylation is 2. The number of rotatable bonds is 11. The number of thiophene rings is 2. The molecule has 0 radical (unpaired) electrons. The van der Waals surface area contributed by atoms with Gasteiger partial charge in [0, 0.05) is 0 Å². The Morgan fingerprint density at radius 1 is 0.793 bits per heavy atom. The van der Waals surface area contributed by atoms with Crippen LogP contribution in [0.25, 0.3) is 20.2 Å². The summed E-state index contributed by atoms with van der Waals surface area (Å²) in [7, 11) is 1.85. The van der Waals surface area contributed by atoms with Crippen LogP contribution in [-0.4, -0.2) is 25.5 Å². The zero-order chi connectivity index (χ0) is 21.0. The summed E-state index contributed by atoms with van der Waals surface area (Å²) in [6.45, 7) is 11.6. The second kappa shape index (κ2) is 10.4. The molecule has 1 nitrogen and oxygen atoms in total. The van der Waals surface area contributed by atoms with Crippen LogP contribution in [0.5, 0.6) is 5.75 Å². The van der Waals surface area contributed by atoms with E-state index in [-0.39, 0.29) is 0 Å². The van der Waals surface area contributed by atoms with Crippen LogP contribution in [0.1, 0.15) is 69.7 Å². The zero-order valence-electron chi connectivity index (χ0n) is 19.2. The molecule has 0 spiro atoms. The fraction of sp³-hybridized carbons (Fsp3) is 0.600. The van der Waals surface area contributed by atoms with Crippen molar-refractivity contribution in [3.8, 4) is 5.75 Å². The van der Waals surface area contributed by atoms with Crippen LogP contribution in [0.15, 0.2) is 12.1 Å². The summed E-state index contributed by atoms with van der Waals surface area (Å²) in [5.41, 5.74) is 1.32. The maximum atomic E-state index is 5.98. The van der Waals surface area contributed by atoms with Crippen LogP contribution < -0.4 is 7.63 Å². The van der Waals surface area contributed by atoms with Gasteiger partial charge in [-0.1, -0.05) is 0 Å². The minimum atomic E-state index is -2.42. The van der Waals surface area contributed by atoms with Crippen molar-refractivity contribution in [2.75, 3.05) is 7.11 Å². The van der Waals surface area contributed by atoms with E-state index in [4.69, 9.17) is 4.74 Å². The van der Waals surface area contributed by atoms with Crippen molar-refractivity contribution in [2.45, 2.75) is 86.5 Å². The van der Waals surface area contributed by atoms with Gasteiger partial charge in [0.15, 0.2) is 0 Å². The third-order valence-electron chi connectivity index (χ3n) is 6.54. The van der Waals surface area contributed by atoms with Gasteiger partial charge in [0.05, 0.1) is 0 Å². The first-order valence-electron chi connectivity index (χ1n) is 11.5. The topological polar surface area (TPSA) is 9.23 Å². The molecular formula is C25H38OS2Sn. The average molecular weight is 537 g/mol. The van der Waals surface area contributed by atoms with E-state index in [0.717, 1.165) is 5.75 Å². The summed E-state index contributed by atoms with van der Waals surface area (Å²) in [6, 6.07) is 4.97. The van der Waals surface area contributed by atoms with Gasteiger partial charge in [-0.2, -0.15) is 0 Å². The Morgan fingerprint density at radius 2 is 1.34 bits per heavy atom. The van der Waals surface area contributed by atoms with Crippen molar-refractivity contribution in [3.05, 3.63) is 22.6 Å². The molecule has 0 unspecified atom stereocenters. The molecule has 2 heterocycles. The van der Waals surface area contributed by atoms with Gasteiger partial charge >= 0.3 is 191 Å². The molecule has 1 aromatic carbocycles. The van der Waals surface area contributed by atoms with Crippen molar-refractivity contribution in [3.63, 3.8) is 0 Å². The van der Waals surface area contributed by atoms with Gasteiger partial charge in [0.25, 0.3) is 0 Å². The standard InChI is InChI=1S/C13H11OS2.3C4H9.Sn/c1-7-6-10-8(2)11(14-3)9-4-5-15-12(9)13(10)16-7;3*1-3-4-2;/h4,6H,1-3H3;3*1,3-4H2,2H3;. The van der Waals surface area contributed by atoms with Crippen molar-refractivity contribution in [2.24, 2.45) is 0 Å². The second-order valence-electron chi connectivity index (χ2n) is 8.70. The molecule has 0 fully saturated rings. The second-order valence-corrected chi connectivity index (χ2v) is 25.2. The van der Waals surface area contributed by atoms with Crippen LogP contribution in [-0.2, 0) is 0 Å². The van der Waals surface area contributed by atoms with Crippen LogP contribution in [0.4, 0.5) is 0 Å². The van der Waals surface area contributed by atoms with E-state index in [1.54, 1.807) is 0 Å². The zero-order valence-corrected chi connectivity index (χ0v) is 23.7. The Morgan fingerprint density at radius 3 is 1.86 bits per heavy atom. The van der Waals surface area contributed by atoms with E-state index >= 15 is 0 Å². The molecule has 3 rings (SSSR count). The fourth-order valence-corrected chi connectivity index (χ4v) is 26.3. The normalized spacial score (nSPS) is 12.3. The van der Waals surface area contributed by atoms with E-state index in [2.05, 4.69) is 58.1 Å². The van der Waals surface area contributed by atoms with Crippen molar-refractivity contribution in [1.29, 1.82) is 0 Å². The maximum absolute atomic E-state index is 5.98. The molecule has 0 bridgehead atoms. The Labute approximate surface area is 189 Å². The van der Waals surface area contributed by atoms with Crippen molar-refractivity contribution < 1.29 is 4.74 Å². The molecule has 4 heteroatoms. The molecule has 160 valence electrons. The number of unbranched alkanes of at least 4 members (excludes halogenated alkanes) is 3. The Hall–Kier alpha value is -0.261. The molecule has 0 aliphatic rings. The fourth-order valence-electron chi connectivity index (χ4n) is 4.83. The summed E-state index contributed by atoms with van der Waals surface area (Å²) in [5, 5.41) is 2.80. The number of ether oxygens (including phenoxy) is 1. The van der Waals surface area contributed by atoms with Crippen molar-refractivity contribution in [1.82, 2.24) is 0 Å². The summed E-state index contributed by atoms with van der Waals surface area (Å²) >= 11 is 1.72. The average Bonchev–Trinajstić information content (AvgIpc) is 3.32. The van der Waals surface area contributed by atoms with Gasteiger partial charge in [-0.3, -0.25) is 0 Å². The van der Waals surface area contributed by atoms with Gasteiger partial charge < -0.3 is 0 Å². The van der Waals surface area contributed by atoms with E-state index in [9.17, 15) is 0 Å². The predicted octanol–water partition coefficient (Wildman–Crippen LogP) is 8.80. The third kappa shape index (κ3) is 4.67. The van der Waals surface area contributed by atoms with Crippen LogP contribution >= 0.6 is 22.7 Å². The minimum absolute atomic E-state index is 1.12. The van der Waals surface area contributed by atoms with E-state index < -0.39 is 18.4 Å². The van der Waals surface area contributed by atoms with E-state index in [0.29, 0.717) is 0 Å². The van der Waals surface area contributed by atoms with Crippen LogP contribution in [0.2, 0.25) is 13.3 Å². The predicted molar refractivity (Wildman–Crippen MR) is 138 cm³/mol. The van der Waals surface area contributed by atoms with E-state index in [1.165, 1.54) is 82.4 Å². The quantitative estimate of drug-likeness (QED) is 0.222. The Bertz CT molecular complexity index is 931. The SMILES string of the molecule is CCC[CH2][Sn]([CH2]CCC)([CH2]CCC)[c]1cc2c(OC)c(C)c3cc(C)sc3c2s1. The molecule has 0 saturated heterocycles. The molecule has 2 aromatic heterocycles. The van der Waals surface area contributed by atoms with Gasteiger partial charge in [0.2, 0.25) is 0 Å². The molecule has 0 aliphatic heterocycles. The molecule has 0 N–H and O–H groups in total. The summed E-state index contributed by atoms with van der Waals surface area (Å²) in [4.78, 5) is 1.41. The summed E-state index contributed by atoms with van der Waals surface area (Å²) in [6.07, 6.45) is 8.25. The summed E-state index contributed by atoms with van der Waals surface area (Å²) < 4.78 is 15.4. The van der Waals surface area contributed by atoms with Gasteiger partial charge in [-0.05, 0) is 0 Å². The summed E-state index contributed by atoms with van der Waals surface area (Å²) in [5.74, 6) is 1.12. The molecule has 0 saturated carbocycles. The molecule has 3 aromatic rings. The number of hydrogen-bond acceptors (Lipinski definition) is 3. The number of methoxy groups -OCH3 is 1. The van der Waals surface area contributed by atoms with Gasteiger partial charge in [-0.25, -0.2) is 0 Å². The third-order valence-corrected chi connectivity index (χ3v) is 27.1. The number of hydrogen-bond donors (Lipinski definition) is 0. The van der Waals surface area contributed by atoms with Crippen LogP contribution in [0.3, 0.4) is 0 Å². The number of fused-ring (bicyclic) bond motifs is 3.